The van der Waals surface area contributed by atoms with Gasteiger partial charge in [0.2, 0.25) is 0 Å². The van der Waals surface area contributed by atoms with E-state index in [1.807, 2.05) is 42.5 Å². The van der Waals surface area contributed by atoms with Crippen LogP contribution in [0.4, 0.5) is 0 Å². The van der Waals surface area contributed by atoms with E-state index in [0.717, 1.165) is 11.1 Å². The minimum atomic E-state index is 0.328. The first-order valence-corrected chi connectivity index (χ1v) is 6.40. The number of ether oxygens (including phenoxy) is 3. The Morgan fingerprint density at radius 3 is 2.20 bits per heavy atom. The van der Waals surface area contributed by atoms with Gasteiger partial charge in [-0.05, 0) is 17.7 Å². The van der Waals surface area contributed by atoms with Gasteiger partial charge >= 0.3 is 0 Å². The van der Waals surface area contributed by atoms with Gasteiger partial charge in [-0.15, -0.1) is 0 Å². The summed E-state index contributed by atoms with van der Waals surface area (Å²) in [5.41, 5.74) is 7.67. The van der Waals surface area contributed by atoms with Crippen LogP contribution in [-0.2, 0) is 13.2 Å². The molecule has 0 atom stereocenters. The predicted octanol–water partition coefficient (Wildman–Crippen LogP) is 2.74. The number of methoxy groups -OCH3 is 2. The Hall–Kier alpha value is -2.20. The lowest BCUT2D eigenvalue weighted by Crippen LogP contribution is -2.05. The summed E-state index contributed by atoms with van der Waals surface area (Å²) in [6.45, 7) is 0.808. The van der Waals surface area contributed by atoms with Crippen LogP contribution >= 0.6 is 0 Å². The van der Waals surface area contributed by atoms with Gasteiger partial charge in [0, 0.05) is 6.54 Å². The molecule has 0 heterocycles. The molecule has 4 nitrogen and oxygen atoms in total. The van der Waals surface area contributed by atoms with Gasteiger partial charge in [0.1, 0.15) is 12.4 Å². The topological polar surface area (TPSA) is 53.7 Å². The largest absolute Gasteiger partial charge is 0.496 e. The van der Waals surface area contributed by atoms with Gasteiger partial charge in [-0.2, -0.15) is 0 Å². The molecule has 2 aromatic rings. The smallest absolute Gasteiger partial charge is 0.168 e. The normalized spacial score (nSPS) is 10.2. The lowest BCUT2D eigenvalue weighted by Gasteiger charge is -2.16. The summed E-state index contributed by atoms with van der Waals surface area (Å²) in [4.78, 5) is 0. The third kappa shape index (κ3) is 3.03. The Morgan fingerprint density at radius 1 is 0.900 bits per heavy atom. The Morgan fingerprint density at radius 2 is 1.60 bits per heavy atom. The van der Waals surface area contributed by atoms with Crippen molar-refractivity contribution in [2.75, 3.05) is 14.2 Å². The van der Waals surface area contributed by atoms with E-state index < -0.39 is 0 Å². The molecule has 0 aromatic heterocycles. The highest BCUT2D eigenvalue weighted by molar-refractivity contribution is 5.53. The van der Waals surface area contributed by atoms with Crippen LogP contribution in [0.2, 0.25) is 0 Å². The standard InChI is InChI=1S/C16H19NO3/c1-18-14-8-9-15(16(19-2)13(14)10-17)20-11-12-6-4-3-5-7-12/h3-9H,10-11,17H2,1-2H3. The first-order chi connectivity index (χ1) is 9.80. The van der Waals surface area contributed by atoms with Crippen LogP contribution < -0.4 is 19.9 Å². The number of benzene rings is 2. The van der Waals surface area contributed by atoms with Crippen molar-refractivity contribution in [2.45, 2.75) is 13.2 Å². The molecule has 2 rings (SSSR count). The number of rotatable bonds is 6. The minimum absolute atomic E-state index is 0.328. The van der Waals surface area contributed by atoms with E-state index >= 15 is 0 Å². The summed E-state index contributed by atoms with van der Waals surface area (Å²) in [5.74, 6) is 2.00. The molecule has 20 heavy (non-hydrogen) atoms. The zero-order valence-corrected chi connectivity index (χ0v) is 11.8. The Kier molecular flexibility index (Phi) is 4.85. The predicted molar refractivity (Wildman–Crippen MR) is 78.2 cm³/mol. The van der Waals surface area contributed by atoms with Crippen LogP contribution in [-0.4, -0.2) is 14.2 Å². The first kappa shape index (κ1) is 14.2. The lowest BCUT2D eigenvalue weighted by molar-refractivity contribution is 0.281. The van der Waals surface area contributed by atoms with Crippen molar-refractivity contribution >= 4 is 0 Å². The van der Waals surface area contributed by atoms with E-state index in [1.54, 1.807) is 14.2 Å². The fourth-order valence-electron chi connectivity index (χ4n) is 2.05. The number of nitrogens with two attached hydrogens (primary N) is 1. The molecule has 4 heteroatoms. The molecule has 0 unspecified atom stereocenters. The van der Waals surface area contributed by atoms with E-state index in [4.69, 9.17) is 19.9 Å². The van der Waals surface area contributed by atoms with Gasteiger partial charge in [0.25, 0.3) is 0 Å². The highest BCUT2D eigenvalue weighted by atomic mass is 16.5. The zero-order chi connectivity index (χ0) is 14.4. The Bertz CT molecular complexity index is 555. The van der Waals surface area contributed by atoms with Crippen molar-refractivity contribution < 1.29 is 14.2 Å². The van der Waals surface area contributed by atoms with Crippen molar-refractivity contribution in [3.8, 4) is 17.2 Å². The van der Waals surface area contributed by atoms with E-state index in [0.29, 0.717) is 30.4 Å². The maximum absolute atomic E-state index is 5.82. The average molecular weight is 273 g/mol. The molecule has 0 saturated carbocycles. The Labute approximate surface area is 119 Å². The zero-order valence-electron chi connectivity index (χ0n) is 11.8. The molecule has 0 aliphatic heterocycles. The van der Waals surface area contributed by atoms with E-state index in [-0.39, 0.29) is 0 Å². The van der Waals surface area contributed by atoms with Crippen LogP contribution in [0.25, 0.3) is 0 Å². The van der Waals surface area contributed by atoms with E-state index in [1.165, 1.54) is 0 Å². The molecule has 2 aromatic carbocycles. The number of hydrogen-bond donors (Lipinski definition) is 1. The van der Waals surface area contributed by atoms with E-state index in [9.17, 15) is 0 Å². The van der Waals surface area contributed by atoms with Crippen molar-refractivity contribution in [3.05, 3.63) is 53.6 Å². The fourth-order valence-corrected chi connectivity index (χ4v) is 2.05. The molecule has 0 spiro atoms. The monoisotopic (exact) mass is 273 g/mol. The molecule has 0 aliphatic rings. The molecule has 0 saturated heterocycles. The van der Waals surface area contributed by atoms with Crippen molar-refractivity contribution in [2.24, 2.45) is 5.73 Å². The highest BCUT2D eigenvalue weighted by Crippen LogP contribution is 2.37. The third-order valence-corrected chi connectivity index (χ3v) is 3.05. The van der Waals surface area contributed by atoms with Gasteiger partial charge < -0.3 is 19.9 Å². The molecule has 0 aliphatic carbocycles. The molecular weight excluding hydrogens is 254 g/mol. The average Bonchev–Trinajstić information content (AvgIpc) is 2.52. The third-order valence-electron chi connectivity index (χ3n) is 3.05. The van der Waals surface area contributed by atoms with Crippen LogP contribution in [0.5, 0.6) is 17.2 Å². The van der Waals surface area contributed by atoms with Crippen LogP contribution in [0, 0.1) is 0 Å². The van der Waals surface area contributed by atoms with Gasteiger partial charge in [-0.25, -0.2) is 0 Å². The van der Waals surface area contributed by atoms with Crippen molar-refractivity contribution in [3.63, 3.8) is 0 Å². The number of hydrogen-bond acceptors (Lipinski definition) is 4. The first-order valence-electron chi connectivity index (χ1n) is 6.40. The van der Waals surface area contributed by atoms with Gasteiger partial charge in [0.15, 0.2) is 11.5 Å². The summed E-state index contributed by atoms with van der Waals surface area (Å²) < 4.78 is 16.5. The Balaban J connectivity index is 2.23. The molecule has 0 radical (unpaired) electrons. The molecule has 2 N–H and O–H groups in total. The molecule has 0 fully saturated rings. The summed E-state index contributed by atoms with van der Waals surface area (Å²) in [6.07, 6.45) is 0. The van der Waals surface area contributed by atoms with Crippen LogP contribution in [0.15, 0.2) is 42.5 Å². The maximum Gasteiger partial charge on any atom is 0.168 e. The molecular formula is C16H19NO3. The van der Waals surface area contributed by atoms with Gasteiger partial charge in [-0.1, -0.05) is 30.3 Å². The molecule has 0 bridgehead atoms. The summed E-state index contributed by atoms with van der Waals surface area (Å²) >= 11 is 0. The maximum atomic E-state index is 5.82. The summed E-state index contributed by atoms with van der Waals surface area (Å²) in [6, 6.07) is 13.6. The van der Waals surface area contributed by atoms with Crippen LogP contribution in [0.3, 0.4) is 0 Å². The molecule has 0 amide bonds. The second-order valence-corrected chi connectivity index (χ2v) is 4.26. The summed E-state index contributed by atoms with van der Waals surface area (Å²) in [7, 11) is 3.21. The lowest BCUT2D eigenvalue weighted by atomic mass is 10.1. The second kappa shape index (κ2) is 6.82. The minimum Gasteiger partial charge on any atom is -0.496 e. The second-order valence-electron chi connectivity index (χ2n) is 4.26. The van der Waals surface area contributed by atoms with Crippen molar-refractivity contribution in [1.82, 2.24) is 0 Å². The fraction of sp³-hybridized carbons (Fsp3) is 0.250. The van der Waals surface area contributed by atoms with E-state index in [2.05, 4.69) is 0 Å². The van der Waals surface area contributed by atoms with Crippen LogP contribution in [0.1, 0.15) is 11.1 Å². The highest BCUT2D eigenvalue weighted by Gasteiger charge is 2.14. The summed E-state index contributed by atoms with van der Waals surface area (Å²) in [5, 5.41) is 0. The van der Waals surface area contributed by atoms with Gasteiger partial charge in [-0.3, -0.25) is 0 Å². The quantitative estimate of drug-likeness (QED) is 0.879. The van der Waals surface area contributed by atoms with Gasteiger partial charge in [0.05, 0.1) is 19.8 Å². The van der Waals surface area contributed by atoms with Crippen molar-refractivity contribution in [1.29, 1.82) is 0 Å². The molecule has 106 valence electrons. The SMILES string of the molecule is COc1ccc(OCc2ccccc2)c(OC)c1CN.